The van der Waals surface area contributed by atoms with Crippen LogP contribution in [0.15, 0.2) is 30.3 Å². The van der Waals surface area contributed by atoms with Crippen molar-refractivity contribution in [2.45, 2.75) is 23.0 Å². The average molecular weight is 467 g/mol. The molecule has 1 aromatic rings. The minimum absolute atomic E-state index is 0.0713. The predicted molar refractivity (Wildman–Crippen MR) is 86.3 cm³/mol. The third-order valence-electron chi connectivity index (χ3n) is 3.90. The molecule has 2 rings (SSSR count). The third-order valence-corrected chi connectivity index (χ3v) is 7.88. The van der Waals surface area contributed by atoms with Crippen molar-refractivity contribution in [2.75, 3.05) is 19.8 Å². The number of benzene rings is 1. The highest BCUT2D eigenvalue weighted by molar-refractivity contribution is 8.05. The molecule has 0 saturated carbocycles. The topological polar surface area (TPSA) is 107 Å². The molecule has 1 aliphatic rings. The van der Waals surface area contributed by atoms with Gasteiger partial charge in [0.1, 0.15) is 0 Å². The van der Waals surface area contributed by atoms with Gasteiger partial charge in [-0.2, -0.15) is 22.0 Å². The maximum absolute atomic E-state index is 13.5. The van der Waals surface area contributed by atoms with Gasteiger partial charge in [-0.15, -0.1) is 0 Å². The van der Waals surface area contributed by atoms with Crippen molar-refractivity contribution in [3.05, 3.63) is 35.9 Å². The lowest BCUT2D eigenvalue weighted by Gasteiger charge is -2.31. The number of rotatable bonds is 8. The molecule has 1 heterocycles. The van der Waals surface area contributed by atoms with Gasteiger partial charge in [-0.1, -0.05) is 34.0 Å². The van der Waals surface area contributed by atoms with E-state index in [2.05, 4.69) is 0 Å². The second-order valence-electron chi connectivity index (χ2n) is 5.70. The maximum Gasteiger partial charge on any atom is 0.512 e. The molecular formula is C14H14F5NO7S2. The van der Waals surface area contributed by atoms with E-state index in [1.165, 1.54) is 24.3 Å². The Bertz CT molecular complexity index is 942. The summed E-state index contributed by atoms with van der Waals surface area (Å²) in [5.74, 6) is -1.87. The molecule has 15 heteroatoms. The lowest BCUT2D eigenvalue weighted by molar-refractivity contribution is -0.170. The summed E-state index contributed by atoms with van der Waals surface area (Å²) in [6.45, 7) is -1.77. The number of hydrogen-bond acceptors (Lipinski definition) is 7. The van der Waals surface area contributed by atoms with Crippen LogP contribution >= 0.6 is 0 Å². The van der Waals surface area contributed by atoms with Crippen LogP contribution in [0.25, 0.3) is 0 Å². The molecule has 8 nitrogen and oxygen atoms in total. The van der Waals surface area contributed by atoms with Gasteiger partial charge in [0.05, 0.1) is 13.2 Å². The van der Waals surface area contributed by atoms with E-state index in [0.29, 0.717) is 0 Å². The van der Waals surface area contributed by atoms with Crippen LogP contribution in [-0.4, -0.2) is 57.4 Å². The Morgan fingerprint density at radius 3 is 1.93 bits per heavy atom. The number of alkyl halides is 5. The van der Waals surface area contributed by atoms with Crippen LogP contribution in [0.4, 0.5) is 22.0 Å². The highest BCUT2D eigenvalue weighted by atomic mass is 32.3. The molecule has 1 saturated heterocycles. The van der Waals surface area contributed by atoms with E-state index in [-0.39, 0.29) is 18.8 Å². The monoisotopic (exact) mass is 467 g/mol. The number of nitrogens with zero attached hydrogens (tertiary/aromatic N) is 1. The molecule has 29 heavy (non-hydrogen) atoms. The van der Waals surface area contributed by atoms with E-state index in [0.717, 1.165) is 0 Å². The first kappa shape index (κ1) is 23.6. The van der Waals surface area contributed by atoms with Crippen LogP contribution in [-0.2, 0) is 40.1 Å². The largest absolute Gasteiger partial charge is 0.512 e. The molecule has 0 unspecified atom stereocenters. The molecule has 0 aromatic heterocycles. The highest BCUT2D eigenvalue weighted by Gasteiger charge is 2.61. The smallest absolute Gasteiger partial charge is 0.343 e. The first-order valence-corrected chi connectivity index (χ1v) is 10.6. The number of halogens is 5. The van der Waals surface area contributed by atoms with Crippen LogP contribution in [0.1, 0.15) is 12.0 Å². The fourth-order valence-electron chi connectivity index (χ4n) is 2.52. The Hall–Kier alpha value is -1.68. The Labute approximate surface area is 162 Å². The summed E-state index contributed by atoms with van der Waals surface area (Å²) >= 11 is 0. The van der Waals surface area contributed by atoms with Gasteiger partial charge in [0.2, 0.25) is 6.29 Å². The first-order valence-electron chi connectivity index (χ1n) is 7.73. The number of sulfonamides is 2. The molecule has 0 N–H and O–H groups in total. The van der Waals surface area contributed by atoms with E-state index < -0.39 is 59.6 Å². The fourth-order valence-corrected chi connectivity index (χ4v) is 5.39. The summed E-state index contributed by atoms with van der Waals surface area (Å²) in [6.07, 6.45) is -2.35. The molecular weight excluding hydrogens is 453 g/mol. The molecule has 0 radical (unpaired) electrons. The molecule has 0 atom stereocenters. The van der Waals surface area contributed by atoms with E-state index >= 15 is 0 Å². The van der Waals surface area contributed by atoms with E-state index in [1.807, 2.05) is 0 Å². The van der Waals surface area contributed by atoms with Crippen molar-refractivity contribution in [3.8, 4) is 0 Å². The lowest BCUT2D eigenvalue weighted by Crippen LogP contribution is -2.52. The summed E-state index contributed by atoms with van der Waals surface area (Å²) < 4.78 is 122. The summed E-state index contributed by atoms with van der Waals surface area (Å²) in [6, 6.07) is 7.36. The fraction of sp³-hybridized carbons (Fsp3) is 0.500. The van der Waals surface area contributed by atoms with Gasteiger partial charge < -0.3 is 9.47 Å². The molecule has 164 valence electrons. The van der Waals surface area contributed by atoms with Gasteiger partial charge in [0.15, 0.2) is 5.79 Å². The average Bonchev–Trinajstić information content (AvgIpc) is 3.11. The summed E-state index contributed by atoms with van der Waals surface area (Å²) in [4.78, 5) is 10.4. The Morgan fingerprint density at radius 2 is 1.48 bits per heavy atom. The number of hydrogen-bond donors (Lipinski definition) is 0. The van der Waals surface area contributed by atoms with Crippen molar-refractivity contribution in [2.24, 2.45) is 0 Å². The minimum Gasteiger partial charge on any atom is -0.343 e. The Morgan fingerprint density at radius 1 is 0.966 bits per heavy atom. The number of carbonyl (C=O) groups is 1. The summed E-state index contributed by atoms with van der Waals surface area (Å²) in [5, 5.41) is -5.41. The molecule has 0 amide bonds. The summed E-state index contributed by atoms with van der Waals surface area (Å²) in [7, 11) is -13.4. The minimum atomic E-state index is -6.79. The van der Waals surface area contributed by atoms with Crippen molar-refractivity contribution in [3.63, 3.8) is 0 Å². The zero-order chi connectivity index (χ0) is 22.1. The highest BCUT2D eigenvalue weighted by Crippen LogP contribution is 2.38. The van der Waals surface area contributed by atoms with E-state index in [9.17, 15) is 43.6 Å². The molecule has 1 aromatic carbocycles. The second-order valence-corrected chi connectivity index (χ2v) is 9.72. The van der Waals surface area contributed by atoms with E-state index in [4.69, 9.17) is 9.47 Å². The quantitative estimate of drug-likeness (QED) is 0.422. The molecule has 0 aliphatic carbocycles. The zero-order valence-electron chi connectivity index (χ0n) is 14.3. The molecule has 1 aliphatic heterocycles. The Balaban J connectivity index is 2.50. The maximum atomic E-state index is 13.5. The third kappa shape index (κ3) is 4.28. The van der Waals surface area contributed by atoms with Crippen molar-refractivity contribution >= 4 is 26.3 Å². The first-order chi connectivity index (χ1) is 13.2. The predicted octanol–water partition coefficient (Wildman–Crippen LogP) is 1.55. The number of aldehydes is 1. The molecule has 0 spiro atoms. The number of carbonyl (C=O) groups excluding carboxylic acids is 1. The molecule has 1 fully saturated rings. The van der Waals surface area contributed by atoms with Crippen LogP contribution < -0.4 is 0 Å². The SMILES string of the molecule is O=CC(F)(F)S(=O)(=O)N(CCC1(c2ccccc2)OCCO1)S(=O)(=O)C(F)(F)F. The van der Waals surface area contributed by atoms with Crippen molar-refractivity contribution < 1.29 is 53.1 Å². The zero-order valence-corrected chi connectivity index (χ0v) is 15.9. The molecule has 0 bridgehead atoms. The van der Waals surface area contributed by atoms with Crippen molar-refractivity contribution in [1.29, 1.82) is 0 Å². The standard InChI is InChI=1S/C14H14F5NO7S2/c15-13(16,10-21)28(22,23)20(29(24,25)14(17,18)19)7-6-12(26-8-9-27-12)11-4-2-1-3-5-11/h1-5,10H,6-9H2. The van der Waals surface area contributed by atoms with Gasteiger partial charge in [0, 0.05) is 18.5 Å². The van der Waals surface area contributed by atoms with Gasteiger partial charge in [-0.3, -0.25) is 4.79 Å². The number of ether oxygens (including phenoxy) is 2. The van der Waals surface area contributed by atoms with Crippen molar-refractivity contribution in [1.82, 2.24) is 3.71 Å². The summed E-state index contributed by atoms with van der Waals surface area (Å²) in [5.41, 5.74) is -6.03. The van der Waals surface area contributed by atoms with Crippen LogP contribution in [0.2, 0.25) is 0 Å². The van der Waals surface area contributed by atoms with Crippen LogP contribution in [0.3, 0.4) is 0 Å². The van der Waals surface area contributed by atoms with Crippen LogP contribution in [0.5, 0.6) is 0 Å². The Kier molecular flexibility index (Phi) is 6.40. The normalized spacial score (nSPS) is 18.1. The van der Waals surface area contributed by atoms with Gasteiger partial charge >= 0.3 is 30.8 Å². The van der Waals surface area contributed by atoms with E-state index in [1.54, 1.807) is 6.07 Å². The van der Waals surface area contributed by atoms with Gasteiger partial charge in [0.25, 0.3) is 0 Å². The van der Waals surface area contributed by atoms with Gasteiger partial charge in [-0.25, -0.2) is 16.8 Å². The van der Waals surface area contributed by atoms with Crippen LogP contribution in [0, 0.1) is 0 Å². The lowest BCUT2D eigenvalue weighted by atomic mass is 10.0. The van der Waals surface area contributed by atoms with Gasteiger partial charge in [-0.05, 0) is 0 Å². The second kappa shape index (κ2) is 7.86.